The largest absolute Gasteiger partial charge is 0.358 e. The first kappa shape index (κ1) is 11.2. The summed E-state index contributed by atoms with van der Waals surface area (Å²) in [5, 5.41) is 4.77. The Kier molecular flexibility index (Phi) is 2.62. The predicted octanol–water partition coefficient (Wildman–Crippen LogP) is 4.66. The third kappa shape index (κ3) is 1.86. The molecule has 94 valence electrons. The van der Waals surface area contributed by atoms with Crippen LogP contribution in [0.2, 0.25) is 0 Å². The van der Waals surface area contributed by atoms with Crippen LogP contribution in [0.5, 0.6) is 0 Å². The number of rotatable bonds is 2. The fourth-order valence-corrected chi connectivity index (χ4v) is 5.02. The molecule has 0 radical (unpaired) electrons. The second-order valence-electron chi connectivity index (χ2n) is 5.56. The van der Waals surface area contributed by atoms with Crippen molar-refractivity contribution in [2.24, 2.45) is 11.8 Å². The molecule has 0 aliphatic heterocycles. The Bertz CT molecular complexity index is 594. The van der Waals surface area contributed by atoms with Gasteiger partial charge in [-0.15, -0.1) is 0 Å². The van der Waals surface area contributed by atoms with Crippen LogP contribution in [-0.2, 0) is 0 Å². The standard InChI is InChI=1S/C14H15BrN2S/c15-10-3-4-11-13(7-10)18-14(16-11)17-12-6-8-1-2-9(12)5-8/h3-4,7-9,12H,1-2,5-6H2,(H,16,17). The van der Waals surface area contributed by atoms with Crippen LogP contribution in [0.25, 0.3) is 10.2 Å². The van der Waals surface area contributed by atoms with Crippen molar-refractivity contribution in [1.29, 1.82) is 0 Å². The monoisotopic (exact) mass is 322 g/mol. The zero-order chi connectivity index (χ0) is 12.1. The van der Waals surface area contributed by atoms with Gasteiger partial charge in [-0.25, -0.2) is 4.98 Å². The maximum absolute atomic E-state index is 4.69. The lowest BCUT2D eigenvalue weighted by Crippen LogP contribution is -2.25. The van der Waals surface area contributed by atoms with Gasteiger partial charge in [-0.2, -0.15) is 0 Å². The summed E-state index contributed by atoms with van der Waals surface area (Å²) in [6, 6.07) is 6.97. The number of aromatic nitrogens is 1. The molecule has 4 rings (SSSR count). The van der Waals surface area contributed by atoms with Crippen LogP contribution in [0.4, 0.5) is 5.13 Å². The van der Waals surface area contributed by atoms with Gasteiger partial charge >= 0.3 is 0 Å². The highest BCUT2D eigenvalue weighted by molar-refractivity contribution is 9.10. The summed E-state index contributed by atoms with van der Waals surface area (Å²) in [7, 11) is 0. The molecule has 4 heteroatoms. The highest BCUT2D eigenvalue weighted by Crippen LogP contribution is 2.46. The summed E-state index contributed by atoms with van der Waals surface area (Å²) in [6.45, 7) is 0. The van der Waals surface area contributed by atoms with E-state index in [1.807, 2.05) is 0 Å². The number of benzene rings is 1. The van der Waals surface area contributed by atoms with Gasteiger partial charge in [-0.05, 0) is 49.3 Å². The quantitative estimate of drug-likeness (QED) is 0.869. The number of nitrogens with zero attached hydrogens (tertiary/aromatic N) is 1. The van der Waals surface area contributed by atoms with Crippen LogP contribution in [-0.4, -0.2) is 11.0 Å². The van der Waals surface area contributed by atoms with Crippen LogP contribution < -0.4 is 5.32 Å². The fraction of sp³-hybridized carbons (Fsp3) is 0.500. The number of thiazole rings is 1. The molecule has 2 saturated carbocycles. The molecule has 1 aromatic carbocycles. The molecule has 2 nitrogen and oxygen atoms in total. The molecule has 2 aromatic rings. The van der Waals surface area contributed by atoms with E-state index in [0.717, 1.165) is 27.0 Å². The maximum Gasteiger partial charge on any atom is 0.184 e. The maximum atomic E-state index is 4.69. The van der Waals surface area contributed by atoms with Gasteiger partial charge in [0.25, 0.3) is 0 Å². The van der Waals surface area contributed by atoms with Gasteiger partial charge < -0.3 is 5.32 Å². The van der Waals surface area contributed by atoms with E-state index in [4.69, 9.17) is 0 Å². The van der Waals surface area contributed by atoms with Gasteiger partial charge in [0.2, 0.25) is 0 Å². The Morgan fingerprint density at radius 2 is 2.22 bits per heavy atom. The number of anilines is 1. The SMILES string of the molecule is Brc1ccc2nc(NC3CC4CCC3C4)sc2c1. The van der Waals surface area contributed by atoms with Gasteiger partial charge in [0.05, 0.1) is 10.2 Å². The van der Waals surface area contributed by atoms with Crippen LogP contribution in [0.15, 0.2) is 22.7 Å². The fourth-order valence-electron chi connectivity index (χ4n) is 3.54. The van der Waals surface area contributed by atoms with Gasteiger partial charge in [0.1, 0.15) is 0 Å². The third-order valence-electron chi connectivity index (χ3n) is 4.40. The minimum absolute atomic E-state index is 0.674. The van der Waals surface area contributed by atoms with E-state index in [0.29, 0.717) is 6.04 Å². The van der Waals surface area contributed by atoms with Crippen LogP contribution >= 0.6 is 27.3 Å². The van der Waals surface area contributed by atoms with E-state index >= 15 is 0 Å². The average Bonchev–Trinajstić information content (AvgIpc) is 3.02. The van der Waals surface area contributed by atoms with E-state index in [1.165, 1.54) is 30.4 Å². The second kappa shape index (κ2) is 4.20. The van der Waals surface area contributed by atoms with Crippen molar-refractivity contribution in [3.8, 4) is 0 Å². The summed E-state index contributed by atoms with van der Waals surface area (Å²) in [6.07, 6.45) is 5.66. The molecule has 18 heavy (non-hydrogen) atoms. The Morgan fingerprint density at radius 3 is 3.00 bits per heavy atom. The molecule has 3 unspecified atom stereocenters. The van der Waals surface area contributed by atoms with Crippen molar-refractivity contribution in [2.45, 2.75) is 31.7 Å². The molecule has 1 aromatic heterocycles. The topological polar surface area (TPSA) is 24.9 Å². The molecule has 1 N–H and O–H groups in total. The lowest BCUT2D eigenvalue weighted by atomic mass is 9.96. The first-order valence-electron chi connectivity index (χ1n) is 6.60. The lowest BCUT2D eigenvalue weighted by Gasteiger charge is -2.22. The highest BCUT2D eigenvalue weighted by Gasteiger charge is 2.39. The zero-order valence-corrected chi connectivity index (χ0v) is 12.4. The van der Waals surface area contributed by atoms with Crippen LogP contribution in [0, 0.1) is 11.8 Å². The first-order valence-corrected chi connectivity index (χ1v) is 8.21. The Balaban J connectivity index is 1.59. The highest BCUT2D eigenvalue weighted by atomic mass is 79.9. The van der Waals surface area contributed by atoms with Crippen molar-refractivity contribution in [2.75, 3.05) is 5.32 Å². The third-order valence-corrected chi connectivity index (χ3v) is 5.84. The first-order chi connectivity index (χ1) is 8.78. The molecular formula is C14H15BrN2S. The molecule has 1 heterocycles. The van der Waals surface area contributed by atoms with Crippen molar-refractivity contribution in [1.82, 2.24) is 4.98 Å². The Labute approximate surface area is 119 Å². The van der Waals surface area contributed by atoms with E-state index in [1.54, 1.807) is 11.3 Å². The Morgan fingerprint density at radius 1 is 1.28 bits per heavy atom. The summed E-state index contributed by atoms with van der Waals surface area (Å²) in [5.74, 6) is 1.88. The minimum atomic E-state index is 0.674. The molecule has 0 saturated heterocycles. The molecule has 2 bridgehead atoms. The van der Waals surface area contributed by atoms with Crippen LogP contribution in [0.1, 0.15) is 25.7 Å². The number of nitrogens with one attached hydrogen (secondary N) is 1. The van der Waals surface area contributed by atoms with Gasteiger partial charge in [0, 0.05) is 10.5 Å². The summed E-state index contributed by atoms with van der Waals surface area (Å²) >= 11 is 5.29. The minimum Gasteiger partial charge on any atom is -0.358 e. The predicted molar refractivity (Wildman–Crippen MR) is 80.2 cm³/mol. The summed E-state index contributed by atoms with van der Waals surface area (Å²) in [4.78, 5) is 4.69. The molecule has 0 amide bonds. The number of hydrogen-bond acceptors (Lipinski definition) is 3. The summed E-state index contributed by atoms with van der Waals surface area (Å²) < 4.78 is 2.39. The van der Waals surface area contributed by atoms with Gasteiger partial charge in [-0.1, -0.05) is 33.7 Å². The molecule has 3 atom stereocenters. The van der Waals surface area contributed by atoms with Crippen molar-refractivity contribution >= 4 is 42.6 Å². The molecule has 2 fully saturated rings. The average molecular weight is 323 g/mol. The van der Waals surface area contributed by atoms with E-state index in [2.05, 4.69) is 44.4 Å². The number of fused-ring (bicyclic) bond motifs is 3. The van der Waals surface area contributed by atoms with Gasteiger partial charge in [0.15, 0.2) is 5.13 Å². The van der Waals surface area contributed by atoms with Crippen molar-refractivity contribution in [3.63, 3.8) is 0 Å². The van der Waals surface area contributed by atoms with Crippen molar-refractivity contribution in [3.05, 3.63) is 22.7 Å². The second-order valence-corrected chi connectivity index (χ2v) is 7.50. The Hall–Kier alpha value is -0.610. The van der Waals surface area contributed by atoms with Crippen LogP contribution in [0.3, 0.4) is 0 Å². The molecule has 0 spiro atoms. The number of hydrogen-bond donors (Lipinski definition) is 1. The molecular weight excluding hydrogens is 308 g/mol. The van der Waals surface area contributed by atoms with E-state index < -0.39 is 0 Å². The van der Waals surface area contributed by atoms with E-state index in [-0.39, 0.29) is 0 Å². The van der Waals surface area contributed by atoms with E-state index in [9.17, 15) is 0 Å². The smallest absolute Gasteiger partial charge is 0.184 e. The van der Waals surface area contributed by atoms with Gasteiger partial charge in [-0.3, -0.25) is 0 Å². The zero-order valence-electron chi connectivity index (χ0n) is 10.0. The lowest BCUT2D eigenvalue weighted by molar-refractivity contribution is 0.439. The normalized spacial score (nSPS) is 30.2. The summed E-state index contributed by atoms with van der Waals surface area (Å²) in [5.41, 5.74) is 1.11. The number of halogens is 1. The van der Waals surface area contributed by atoms with Crippen molar-refractivity contribution < 1.29 is 0 Å². The molecule has 2 aliphatic rings. The molecule has 2 aliphatic carbocycles.